The molecule has 0 spiro atoms. The first kappa shape index (κ1) is 9.02. The minimum Gasteiger partial charge on any atom is -0.364 e. The van der Waals surface area contributed by atoms with Gasteiger partial charge in [-0.15, -0.1) is 0 Å². The van der Waals surface area contributed by atoms with E-state index in [0.29, 0.717) is 5.70 Å². The second kappa shape index (κ2) is 3.55. The van der Waals surface area contributed by atoms with E-state index < -0.39 is 10.1 Å². The van der Waals surface area contributed by atoms with Gasteiger partial charge in [-0.2, -0.15) is 8.42 Å². The van der Waals surface area contributed by atoms with E-state index in [1.807, 2.05) is 0 Å². The van der Waals surface area contributed by atoms with Crippen LogP contribution in [0, 0.1) is 0 Å². The van der Waals surface area contributed by atoms with Crippen molar-refractivity contribution in [2.24, 2.45) is 0 Å². The van der Waals surface area contributed by atoms with Crippen molar-refractivity contribution in [2.75, 3.05) is 5.75 Å². The van der Waals surface area contributed by atoms with Crippen LogP contribution in [0.5, 0.6) is 0 Å². The Balaban J connectivity index is 2.71. The topological polar surface area (TPSA) is 66.4 Å². The molecule has 1 aliphatic rings. The Morgan fingerprint density at radius 1 is 1.33 bits per heavy atom. The lowest BCUT2D eigenvalue weighted by Gasteiger charge is -2.02. The van der Waals surface area contributed by atoms with Gasteiger partial charge in [-0.1, -0.05) is 12.2 Å². The fraction of sp³-hybridized carbons (Fsp3) is 0.143. The summed E-state index contributed by atoms with van der Waals surface area (Å²) in [6, 6.07) is 0. The van der Waals surface area contributed by atoms with Crippen LogP contribution >= 0.6 is 0 Å². The molecule has 5 heteroatoms. The number of allylic oxidation sites excluding steroid dienone is 4. The standard InChI is InChI=1S/C7H9NO3S/c9-12(10,11)6-7-4-2-1-3-5-8-7/h1-5,8H,6H2,(H,9,10,11). The molecule has 12 heavy (non-hydrogen) atoms. The van der Waals surface area contributed by atoms with E-state index in [-0.39, 0.29) is 5.75 Å². The van der Waals surface area contributed by atoms with Crippen molar-refractivity contribution < 1.29 is 13.0 Å². The summed E-state index contributed by atoms with van der Waals surface area (Å²) >= 11 is 0. The van der Waals surface area contributed by atoms with Gasteiger partial charge in [0.2, 0.25) is 0 Å². The molecule has 2 N–H and O–H groups in total. The molecule has 0 aromatic heterocycles. The highest BCUT2D eigenvalue weighted by molar-refractivity contribution is 7.85. The fourth-order valence-corrected chi connectivity index (χ4v) is 1.35. The predicted molar refractivity (Wildman–Crippen MR) is 45.9 cm³/mol. The molecule has 0 atom stereocenters. The molecule has 0 fully saturated rings. The number of hydrogen-bond acceptors (Lipinski definition) is 3. The first-order valence-electron chi connectivity index (χ1n) is 3.32. The molecule has 0 aromatic rings. The number of hydrogen-bond donors (Lipinski definition) is 2. The SMILES string of the molecule is O=S(=O)(O)CC1=CC=CC=CN1. The van der Waals surface area contributed by atoms with E-state index in [1.165, 1.54) is 0 Å². The summed E-state index contributed by atoms with van der Waals surface area (Å²) in [5, 5.41) is 2.72. The van der Waals surface area contributed by atoms with Crippen molar-refractivity contribution >= 4 is 10.1 Å². The summed E-state index contributed by atoms with van der Waals surface area (Å²) in [6.45, 7) is 0. The zero-order valence-electron chi connectivity index (χ0n) is 6.27. The third-order valence-corrected chi connectivity index (χ3v) is 1.90. The number of nitrogens with one attached hydrogen (secondary N) is 1. The molecule has 66 valence electrons. The van der Waals surface area contributed by atoms with Gasteiger partial charge in [-0.25, -0.2) is 0 Å². The highest BCUT2D eigenvalue weighted by Crippen LogP contribution is 1.98. The summed E-state index contributed by atoms with van der Waals surface area (Å²) in [5.74, 6) is -0.387. The van der Waals surface area contributed by atoms with E-state index >= 15 is 0 Å². The van der Waals surface area contributed by atoms with Crippen molar-refractivity contribution in [2.45, 2.75) is 0 Å². The van der Waals surface area contributed by atoms with Crippen molar-refractivity contribution in [1.29, 1.82) is 0 Å². The lowest BCUT2D eigenvalue weighted by molar-refractivity contribution is 0.485. The molecule has 1 rings (SSSR count). The highest BCUT2D eigenvalue weighted by atomic mass is 32.2. The molecule has 1 heterocycles. The van der Waals surface area contributed by atoms with Gasteiger partial charge in [-0.3, -0.25) is 4.55 Å². The molecular formula is C7H9NO3S. The smallest absolute Gasteiger partial charge is 0.270 e. The van der Waals surface area contributed by atoms with Gasteiger partial charge in [0.15, 0.2) is 0 Å². The van der Waals surface area contributed by atoms with Gasteiger partial charge in [-0.05, 0) is 12.2 Å². The molecule has 0 saturated heterocycles. The van der Waals surface area contributed by atoms with Gasteiger partial charge in [0.25, 0.3) is 10.1 Å². The van der Waals surface area contributed by atoms with Crippen molar-refractivity contribution in [3.8, 4) is 0 Å². The van der Waals surface area contributed by atoms with Crippen LogP contribution < -0.4 is 5.32 Å². The molecule has 0 radical (unpaired) electrons. The summed E-state index contributed by atoms with van der Waals surface area (Å²) in [7, 11) is -3.94. The molecule has 4 nitrogen and oxygen atoms in total. The Labute approximate surface area is 71.0 Å². The van der Waals surface area contributed by atoms with Crippen LogP contribution in [0.15, 0.2) is 36.2 Å². The van der Waals surface area contributed by atoms with Crippen molar-refractivity contribution in [3.05, 3.63) is 36.2 Å². The quantitative estimate of drug-likeness (QED) is 0.615. The summed E-state index contributed by atoms with van der Waals surface area (Å²) in [6.07, 6.45) is 8.36. The van der Waals surface area contributed by atoms with Crippen molar-refractivity contribution in [1.82, 2.24) is 5.32 Å². The Hall–Kier alpha value is -1.07. The molecule has 0 unspecified atom stereocenters. The zero-order valence-corrected chi connectivity index (χ0v) is 7.08. The van der Waals surface area contributed by atoms with Crippen LogP contribution in [-0.4, -0.2) is 18.7 Å². The van der Waals surface area contributed by atoms with Crippen LogP contribution in [0.2, 0.25) is 0 Å². The van der Waals surface area contributed by atoms with E-state index in [1.54, 1.807) is 30.5 Å². The Morgan fingerprint density at radius 2 is 2.08 bits per heavy atom. The minimum atomic E-state index is -3.94. The minimum absolute atomic E-state index is 0.387. The monoisotopic (exact) mass is 187 g/mol. The van der Waals surface area contributed by atoms with E-state index in [4.69, 9.17) is 4.55 Å². The average Bonchev–Trinajstić information content (AvgIpc) is 2.12. The summed E-state index contributed by atoms with van der Waals surface area (Å²) < 4.78 is 29.4. The van der Waals surface area contributed by atoms with Gasteiger partial charge in [0.1, 0.15) is 5.75 Å². The largest absolute Gasteiger partial charge is 0.364 e. The van der Waals surface area contributed by atoms with Crippen LogP contribution in [-0.2, 0) is 10.1 Å². The second-order valence-corrected chi connectivity index (χ2v) is 3.76. The summed E-state index contributed by atoms with van der Waals surface area (Å²) in [5.41, 5.74) is 0.447. The van der Waals surface area contributed by atoms with Gasteiger partial charge in [0.05, 0.1) is 0 Å². The Bertz CT molecular complexity index is 338. The molecule has 0 aliphatic carbocycles. The maximum absolute atomic E-state index is 10.4. The van der Waals surface area contributed by atoms with Crippen LogP contribution in [0.3, 0.4) is 0 Å². The van der Waals surface area contributed by atoms with E-state index in [2.05, 4.69) is 5.32 Å². The van der Waals surface area contributed by atoms with Crippen LogP contribution in [0.25, 0.3) is 0 Å². The maximum atomic E-state index is 10.4. The maximum Gasteiger partial charge on any atom is 0.270 e. The van der Waals surface area contributed by atoms with Gasteiger partial charge >= 0.3 is 0 Å². The number of rotatable bonds is 2. The van der Waals surface area contributed by atoms with Crippen LogP contribution in [0.4, 0.5) is 0 Å². The fourth-order valence-electron chi connectivity index (χ4n) is 0.781. The molecule has 0 bridgehead atoms. The molecule has 0 aromatic carbocycles. The normalized spacial score (nSPS) is 16.6. The van der Waals surface area contributed by atoms with Gasteiger partial charge < -0.3 is 5.32 Å². The summed E-state index contributed by atoms with van der Waals surface area (Å²) in [4.78, 5) is 0. The molecule has 1 aliphatic heterocycles. The first-order chi connectivity index (χ1) is 5.58. The predicted octanol–water partition coefficient (Wildman–Crippen LogP) is 0.431. The third-order valence-electron chi connectivity index (χ3n) is 1.22. The Kier molecular flexibility index (Phi) is 2.67. The van der Waals surface area contributed by atoms with E-state index in [0.717, 1.165) is 0 Å². The molecule has 0 saturated carbocycles. The van der Waals surface area contributed by atoms with E-state index in [9.17, 15) is 8.42 Å². The van der Waals surface area contributed by atoms with Crippen molar-refractivity contribution in [3.63, 3.8) is 0 Å². The second-order valence-electron chi connectivity index (χ2n) is 2.31. The lowest BCUT2D eigenvalue weighted by Crippen LogP contribution is -2.15. The molecular weight excluding hydrogens is 178 g/mol. The van der Waals surface area contributed by atoms with Gasteiger partial charge in [0, 0.05) is 11.9 Å². The molecule has 0 amide bonds. The lowest BCUT2D eigenvalue weighted by atomic mass is 10.4. The third kappa shape index (κ3) is 3.36. The average molecular weight is 187 g/mol. The Morgan fingerprint density at radius 3 is 2.75 bits per heavy atom. The highest BCUT2D eigenvalue weighted by Gasteiger charge is 2.07. The first-order valence-corrected chi connectivity index (χ1v) is 4.93. The zero-order chi connectivity index (χ0) is 9.03. The van der Waals surface area contributed by atoms with Crippen LogP contribution in [0.1, 0.15) is 0 Å².